The SMILES string of the molecule is CC[C@@H]([C@H](C)O)n1ncn(-c2ccc(N3CCN(c4ccc(-c5ccc(C(F)(F)C(O)(Cn6cncn6)c6ccc(F)cc6F)nc5)cc4)CC3)cc2)c1=O. The molecule has 2 N–H and O–H groups in total. The van der Waals surface area contributed by atoms with Crippen LogP contribution in [-0.2, 0) is 18.1 Å². The van der Waals surface area contributed by atoms with Crippen molar-refractivity contribution >= 4 is 11.4 Å². The van der Waals surface area contributed by atoms with Crippen molar-refractivity contribution in [1.82, 2.24) is 34.1 Å². The maximum absolute atomic E-state index is 16.2. The van der Waals surface area contributed by atoms with E-state index in [2.05, 4.69) is 30.0 Å². The van der Waals surface area contributed by atoms with Crippen LogP contribution in [0.4, 0.5) is 28.9 Å². The molecule has 0 aliphatic carbocycles. The second-order valence-electron chi connectivity index (χ2n) is 13.6. The number of aromatic nitrogens is 7. The summed E-state index contributed by atoms with van der Waals surface area (Å²) in [4.78, 5) is 25.2. The zero-order valence-corrected chi connectivity index (χ0v) is 30.1. The Balaban J connectivity index is 1.00. The molecular weight excluding hydrogens is 718 g/mol. The quantitative estimate of drug-likeness (QED) is 0.160. The first-order valence-electron chi connectivity index (χ1n) is 17.8. The molecule has 1 fully saturated rings. The van der Waals surface area contributed by atoms with Crippen molar-refractivity contribution in [2.75, 3.05) is 36.0 Å². The number of rotatable bonds is 12. The van der Waals surface area contributed by atoms with Gasteiger partial charge in [0, 0.05) is 60.9 Å². The van der Waals surface area contributed by atoms with Crippen LogP contribution in [0.2, 0.25) is 0 Å². The van der Waals surface area contributed by atoms with Gasteiger partial charge in [0.1, 0.15) is 36.3 Å². The van der Waals surface area contributed by atoms with Crippen LogP contribution < -0.4 is 15.5 Å². The summed E-state index contributed by atoms with van der Waals surface area (Å²) in [5.41, 5.74) is -1.14. The van der Waals surface area contributed by atoms with E-state index in [9.17, 15) is 23.8 Å². The molecule has 16 heteroatoms. The minimum Gasteiger partial charge on any atom is -0.391 e. The van der Waals surface area contributed by atoms with Gasteiger partial charge in [-0.15, -0.1) is 0 Å². The highest BCUT2D eigenvalue weighted by atomic mass is 19.3. The zero-order valence-electron chi connectivity index (χ0n) is 30.1. The van der Waals surface area contributed by atoms with Gasteiger partial charge in [-0.3, -0.25) is 4.98 Å². The topological polar surface area (TPSA) is 130 Å². The third kappa shape index (κ3) is 7.22. The summed E-state index contributed by atoms with van der Waals surface area (Å²) >= 11 is 0. The first-order chi connectivity index (χ1) is 26.4. The van der Waals surface area contributed by atoms with Gasteiger partial charge in [0.25, 0.3) is 0 Å². The molecule has 1 saturated heterocycles. The van der Waals surface area contributed by atoms with E-state index in [-0.39, 0.29) is 5.69 Å². The molecule has 55 heavy (non-hydrogen) atoms. The lowest BCUT2D eigenvalue weighted by molar-refractivity contribution is -0.207. The van der Waals surface area contributed by atoms with Crippen LogP contribution in [0.1, 0.15) is 37.6 Å². The van der Waals surface area contributed by atoms with E-state index in [1.807, 2.05) is 55.5 Å². The lowest BCUT2D eigenvalue weighted by Gasteiger charge is -2.37. The van der Waals surface area contributed by atoms with Crippen molar-refractivity contribution in [3.05, 3.63) is 137 Å². The average Bonchev–Trinajstić information content (AvgIpc) is 3.84. The fourth-order valence-electron chi connectivity index (χ4n) is 7.04. The number of aliphatic hydroxyl groups excluding tert-OH is 1. The Kier molecular flexibility index (Phi) is 10.3. The molecular formula is C39H39F4N9O3. The molecule has 0 saturated carbocycles. The van der Waals surface area contributed by atoms with Gasteiger partial charge >= 0.3 is 11.6 Å². The van der Waals surface area contributed by atoms with E-state index >= 15 is 8.78 Å². The lowest BCUT2D eigenvalue weighted by atomic mass is 9.84. The van der Waals surface area contributed by atoms with Crippen molar-refractivity contribution in [1.29, 1.82) is 0 Å². The van der Waals surface area contributed by atoms with Crippen LogP contribution in [0, 0.1) is 11.6 Å². The van der Waals surface area contributed by atoms with Crippen molar-refractivity contribution in [3.8, 4) is 16.8 Å². The van der Waals surface area contributed by atoms with E-state index in [1.54, 1.807) is 6.92 Å². The number of anilines is 2. The molecule has 0 spiro atoms. The zero-order chi connectivity index (χ0) is 38.9. The average molecular weight is 758 g/mol. The Morgan fingerprint density at radius 2 is 1.44 bits per heavy atom. The predicted octanol–water partition coefficient (Wildman–Crippen LogP) is 5.30. The number of piperazine rings is 1. The maximum Gasteiger partial charge on any atom is 0.350 e. The smallest absolute Gasteiger partial charge is 0.350 e. The second kappa shape index (κ2) is 15.1. The fourth-order valence-corrected chi connectivity index (χ4v) is 7.04. The number of hydrogen-bond donors (Lipinski definition) is 2. The first-order valence-corrected chi connectivity index (χ1v) is 17.8. The normalized spacial score (nSPS) is 15.9. The highest BCUT2D eigenvalue weighted by Gasteiger charge is 2.58. The van der Waals surface area contributed by atoms with Crippen molar-refractivity contribution in [2.45, 2.75) is 50.5 Å². The van der Waals surface area contributed by atoms with E-state index in [0.717, 1.165) is 78.7 Å². The number of pyridine rings is 1. The summed E-state index contributed by atoms with van der Waals surface area (Å²) in [5.74, 6) is -6.45. The van der Waals surface area contributed by atoms with Crippen LogP contribution in [0.5, 0.6) is 0 Å². The number of halogens is 4. The number of hydrogen-bond acceptors (Lipinski definition) is 9. The van der Waals surface area contributed by atoms with Gasteiger partial charge in [0.15, 0.2) is 5.60 Å². The van der Waals surface area contributed by atoms with Crippen LogP contribution >= 0.6 is 0 Å². The van der Waals surface area contributed by atoms with Gasteiger partial charge in [-0.05, 0) is 73.5 Å². The minimum atomic E-state index is -4.13. The highest BCUT2D eigenvalue weighted by molar-refractivity contribution is 5.66. The summed E-state index contributed by atoms with van der Waals surface area (Å²) in [7, 11) is 0. The molecule has 0 bridgehead atoms. The van der Waals surface area contributed by atoms with E-state index in [0.29, 0.717) is 23.7 Å². The molecule has 3 aromatic carbocycles. The molecule has 0 radical (unpaired) electrons. The first kappa shape index (κ1) is 37.4. The Morgan fingerprint density at radius 1 is 0.818 bits per heavy atom. The highest BCUT2D eigenvalue weighted by Crippen LogP contribution is 2.47. The largest absolute Gasteiger partial charge is 0.391 e. The van der Waals surface area contributed by atoms with Crippen LogP contribution in [0.3, 0.4) is 0 Å². The number of nitrogens with zero attached hydrogens (tertiary/aromatic N) is 9. The van der Waals surface area contributed by atoms with Crippen molar-refractivity contribution < 1.29 is 27.8 Å². The second-order valence-corrected chi connectivity index (χ2v) is 13.6. The van der Waals surface area contributed by atoms with Gasteiger partial charge < -0.3 is 20.0 Å². The molecule has 1 aliphatic heterocycles. The van der Waals surface area contributed by atoms with Gasteiger partial charge in [0.05, 0.1) is 24.4 Å². The molecule has 7 rings (SSSR count). The molecule has 0 amide bonds. The third-order valence-corrected chi connectivity index (χ3v) is 10.2. The van der Waals surface area contributed by atoms with Gasteiger partial charge in [-0.2, -0.15) is 19.0 Å². The van der Waals surface area contributed by atoms with E-state index in [1.165, 1.54) is 27.8 Å². The molecule has 1 unspecified atom stereocenters. The summed E-state index contributed by atoms with van der Waals surface area (Å²) in [5, 5.41) is 29.5. The molecule has 12 nitrogen and oxygen atoms in total. The molecule has 3 atom stereocenters. The van der Waals surface area contributed by atoms with Gasteiger partial charge in [-0.1, -0.05) is 25.1 Å². The number of benzene rings is 3. The third-order valence-electron chi connectivity index (χ3n) is 10.2. The number of alkyl halides is 2. The van der Waals surface area contributed by atoms with Crippen molar-refractivity contribution in [3.63, 3.8) is 0 Å². The molecule has 3 aromatic heterocycles. The Bertz CT molecular complexity index is 2270. The molecule has 4 heterocycles. The van der Waals surface area contributed by atoms with Gasteiger partial charge in [-0.25, -0.2) is 32.5 Å². The van der Waals surface area contributed by atoms with E-state index in [4.69, 9.17) is 0 Å². The van der Waals surface area contributed by atoms with Crippen molar-refractivity contribution in [2.24, 2.45) is 0 Å². The minimum absolute atomic E-state index is 0.306. The summed E-state index contributed by atoms with van der Waals surface area (Å²) in [6.45, 7) is 5.69. The Morgan fingerprint density at radius 3 is 1.98 bits per heavy atom. The number of aliphatic hydroxyl groups is 2. The summed E-state index contributed by atoms with van der Waals surface area (Å²) < 4.78 is 64.7. The predicted molar refractivity (Wildman–Crippen MR) is 197 cm³/mol. The molecule has 286 valence electrons. The Hall–Kier alpha value is -5.87. The fraction of sp³-hybridized carbons (Fsp3) is 0.308. The molecule has 1 aliphatic rings. The lowest BCUT2D eigenvalue weighted by Crippen LogP contribution is -2.48. The Labute approximate surface area is 313 Å². The summed E-state index contributed by atoms with van der Waals surface area (Å²) in [6, 6.07) is 19.5. The molecule has 6 aromatic rings. The monoisotopic (exact) mass is 757 g/mol. The van der Waals surface area contributed by atoms with Gasteiger partial charge in [0.2, 0.25) is 0 Å². The van der Waals surface area contributed by atoms with Crippen LogP contribution in [-0.4, -0.2) is 76.6 Å². The standard InChI is InChI=1S/C39H39F4N9O3/c1-3-35(26(2)53)52-37(54)51(25-47-52)32-12-10-31(11-13-32)49-18-16-48(17-19-49)30-8-4-27(5-9-30)28-6-15-36(45-21-28)39(42,43)38(55,22-50-24-44-23-46-50)33-14-7-29(40)20-34(33)41/h4-15,20-21,23-26,35,53,55H,3,16-19,22H2,1-2H3/t26-,35-,38?/m0/s1. The van der Waals surface area contributed by atoms with E-state index < -0.39 is 53.1 Å². The van der Waals surface area contributed by atoms with Crippen LogP contribution in [0.15, 0.2) is 109 Å². The summed E-state index contributed by atoms with van der Waals surface area (Å²) in [6.07, 6.45) is 4.80. The van der Waals surface area contributed by atoms with Crippen LogP contribution in [0.25, 0.3) is 16.8 Å². The maximum atomic E-state index is 16.2.